The van der Waals surface area contributed by atoms with Crippen LogP contribution in [0.25, 0.3) is 56.3 Å². The fraction of sp³-hybridized carbons (Fsp3) is 0.124. The number of hydrogen-bond acceptors (Lipinski definition) is 17. The van der Waals surface area contributed by atoms with Crippen LogP contribution in [0.5, 0.6) is 11.5 Å². The van der Waals surface area contributed by atoms with Crippen LogP contribution in [0.1, 0.15) is 114 Å². The normalized spacial score (nSPS) is 11.3. The Morgan fingerprint density at radius 3 is 0.773 bits per heavy atom. The second kappa shape index (κ2) is 45.6. The van der Waals surface area contributed by atoms with E-state index in [9.17, 15) is 94.9 Å². The molecule has 6 N–H and O–H groups in total. The smallest absolute Gasteiger partial charge is 0.433 e. The number of rotatable bonds is 16. The highest BCUT2D eigenvalue weighted by Gasteiger charge is 2.38. The molecule has 15 rings (SSSR count). The molecule has 5 aromatic carbocycles. The van der Waals surface area contributed by atoms with Crippen LogP contribution in [0.3, 0.4) is 0 Å². The minimum atomic E-state index is -4.58. The Morgan fingerprint density at radius 1 is 0.284 bits per heavy atom. The van der Waals surface area contributed by atoms with E-state index < -0.39 is 88.9 Å². The predicted octanol–water partition coefficient (Wildman–Crippen LogP) is 28.2. The first-order valence-electron chi connectivity index (χ1n) is 40.4. The molecule has 0 saturated heterocycles. The van der Waals surface area contributed by atoms with E-state index in [1.807, 2.05) is 19.1 Å². The van der Waals surface area contributed by atoms with Gasteiger partial charge in [0.2, 0.25) is 0 Å². The van der Waals surface area contributed by atoms with Crippen LogP contribution in [-0.4, -0.2) is 91.6 Å². The molecule has 0 radical (unpaired) electrons. The highest BCUT2D eigenvalue weighted by Crippen LogP contribution is 2.40. The van der Waals surface area contributed by atoms with Crippen LogP contribution in [0.4, 0.5) is 94.3 Å². The number of aromatic hydroxyl groups is 1. The van der Waals surface area contributed by atoms with Crippen molar-refractivity contribution in [2.24, 2.45) is 0 Å². The van der Waals surface area contributed by atoms with Gasteiger partial charge in [-0.2, -0.15) is 65.9 Å². The molecule has 10 heterocycles. The number of amides is 5. The Bertz CT molecular complexity index is 6780. The van der Waals surface area contributed by atoms with Crippen molar-refractivity contribution < 1.29 is 99.7 Å². The van der Waals surface area contributed by atoms with E-state index in [1.54, 1.807) is 146 Å². The van der Waals surface area contributed by atoms with Crippen molar-refractivity contribution in [3.63, 3.8) is 0 Å². The fourth-order valence-electron chi connectivity index (χ4n) is 12.7. The third-order valence-electron chi connectivity index (χ3n) is 19.7. The highest BCUT2D eigenvalue weighted by molar-refractivity contribution is 6.36. The summed E-state index contributed by atoms with van der Waals surface area (Å²) in [5.41, 5.74) is 3.39. The average Bonchev–Trinajstić information content (AvgIpc) is 0.823. The first-order valence-corrected chi connectivity index (χ1v) is 43.1. The van der Waals surface area contributed by atoms with Crippen LogP contribution < -0.4 is 31.3 Å². The number of methoxy groups -OCH3 is 1. The Hall–Kier alpha value is -14.5. The Balaban J connectivity index is 0.000000168. The van der Waals surface area contributed by atoms with Gasteiger partial charge in [-0.1, -0.05) is 93.3 Å². The summed E-state index contributed by atoms with van der Waals surface area (Å²) in [6, 6.07) is 51.7. The molecular formula is C97H67Cl7F15N15O7. The van der Waals surface area contributed by atoms with Gasteiger partial charge in [0.25, 0.3) is 29.5 Å². The molecule has 0 unspecified atom stereocenters. The largest absolute Gasteiger partial charge is 0.506 e. The zero-order valence-corrected chi connectivity index (χ0v) is 78.6. The van der Waals surface area contributed by atoms with Crippen molar-refractivity contribution >= 4 is 139 Å². The topological polar surface area (TPSA) is 304 Å². The van der Waals surface area contributed by atoms with E-state index in [2.05, 4.69) is 76.4 Å². The van der Waals surface area contributed by atoms with Gasteiger partial charge in [-0.15, -0.1) is 0 Å². The number of halogens is 22. The summed E-state index contributed by atoms with van der Waals surface area (Å²) in [4.78, 5) is 101. The quantitative estimate of drug-likeness (QED) is 0.0387. The zero-order valence-electron chi connectivity index (χ0n) is 73.3. The number of benzene rings is 5. The molecular weight excluding hydrogens is 2020 g/mol. The molecule has 0 bridgehead atoms. The zero-order chi connectivity index (χ0) is 103. The van der Waals surface area contributed by atoms with Crippen LogP contribution in [0.15, 0.2) is 243 Å². The van der Waals surface area contributed by atoms with Crippen molar-refractivity contribution in [2.75, 3.05) is 33.7 Å². The van der Waals surface area contributed by atoms with Gasteiger partial charge in [0.1, 0.15) is 45.1 Å². The van der Waals surface area contributed by atoms with Crippen LogP contribution in [0.2, 0.25) is 35.3 Å². The minimum Gasteiger partial charge on any atom is -0.506 e. The number of aryl methyl sites for hydroxylation is 6. The van der Waals surface area contributed by atoms with Gasteiger partial charge in [-0.25, -0.2) is 29.9 Å². The molecule has 44 heteroatoms. The van der Waals surface area contributed by atoms with Gasteiger partial charge in [0.05, 0.1) is 134 Å². The van der Waals surface area contributed by atoms with Gasteiger partial charge in [-0.05, 0) is 253 Å². The minimum absolute atomic E-state index is 0.00499. The van der Waals surface area contributed by atoms with Crippen molar-refractivity contribution in [3.8, 4) is 67.8 Å². The third kappa shape index (κ3) is 28.9. The van der Waals surface area contributed by atoms with Crippen molar-refractivity contribution in [2.45, 2.75) is 72.4 Å². The molecule has 141 heavy (non-hydrogen) atoms. The third-order valence-corrected chi connectivity index (χ3v) is 21.8. The van der Waals surface area contributed by atoms with E-state index in [1.165, 1.54) is 66.4 Å². The maximum absolute atomic E-state index is 12.7. The summed E-state index contributed by atoms with van der Waals surface area (Å²) in [6.07, 6.45) is -16.9. The van der Waals surface area contributed by atoms with E-state index >= 15 is 0 Å². The number of carbonyl (C=O) groups is 5. The van der Waals surface area contributed by atoms with Crippen molar-refractivity contribution in [3.05, 3.63) is 369 Å². The number of hydrogen-bond donors (Lipinski definition) is 6. The maximum Gasteiger partial charge on any atom is 0.433 e. The molecule has 726 valence electrons. The molecule has 0 saturated carbocycles. The molecule has 22 nitrogen and oxygen atoms in total. The van der Waals surface area contributed by atoms with Gasteiger partial charge in [0, 0.05) is 68.6 Å². The van der Waals surface area contributed by atoms with E-state index in [0.29, 0.717) is 121 Å². The molecule has 15 aromatic rings. The summed E-state index contributed by atoms with van der Waals surface area (Å²) in [5.74, 6) is -2.36. The van der Waals surface area contributed by atoms with Crippen LogP contribution in [0, 0.1) is 41.5 Å². The number of carbonyl (C=O) groups excluding carboxylic acids is 5. The lowest BCUT2D eigenvalue weighted by Crippen LogP contribution is -2.16. The molecule has 5 amide bonds. The van der Waals surface area contributed by atoms with E-state index in [0.717, 1.165) is 66.2 Å². The lowest BCUT2D eigenvalue weighted by atomic mass is 10.1. The second-order valence-electron chi connectivity index (χ2n) is 29.8. The number of alkyl halides is 15. The second-order valence-corrected chi connectivity index (χ2v) is 32.7. The Morgan fingerprint density at radius 2 is 0.546 bits per heavy atom. The van der Waals surface area contributed by atoms with E-state index in [-0.39, 0.29) is 67.2 Å². The van der Waals surface area contributed by atoms with Crippen LogP contribution in [-0.2, 0) is 30.9 Å². The van der Waals surface area contributed by atoms with Gasteiger partial charge in [0.15, 0.2) is 0 Å². The Labute approximate surface area is 826 Å². The van der Waals surface area contributed by atoms with Crippen molar-refractivity contribution in [1.29, 1.82) is 0 Å². The van der Waals surface area contributed by atoms with Gasteiger partial charge in [-0.3, -0.25) is 43.9 Å². The number of anilines is 5. The maximum atomic E-state index is 12.7. The molecule has 0 spiro atoms. The lowest BCUT2D eigenvalue weighted by Gasteiger charge is -2.12. The summed E-state index contributed by atoms with van der Waals surface area (Å²) in [7, 11) is 1.53. The monoisotopic (exact) mass is 2080 g/mol. The molecule has 0 aliphatic heterocycles. The number of pyridine rings is 10. The summed E-state index contributed by atoms with van der Waals surface area (Å²) in [5, 5.41) is 25.4. The standard InChI is InChI=1S/C20H15ClF3N3O2.C20H15ClF3N3O.2C19H12Cl2F3N3O.C19H13ClF3N3O2/c1-11-14(5-8-18(26-11)20(22,23)24)19(28)27-12-3-6-16(21)15(9-12)17-7-4-13(29-2)10-25-17;1-11-3-7-17(25-10-11)15-9-13(4-6-16(15)21)27-19(28)14-5-8-18(20(22,23)24)26-12(14)2;1-10-13(4-7-17(26-10)19(22,23)24)18(28)27-12-3-5-15(21)14(8-12)16-6-2-11(20)9-25-16;1-10-12(6-8-16(25-10)19(22,23)24)18(28)26-11-5-7-14(20)13(9-11)15-3-2-4-17(21)27-15;1-10-13(4-7-17(25-10)19(21,22)23)18(28)26-11-2-5-15(20)14(8-11)16-6-3-12(27)9-24-16/h3-10H,1-2H3,(H,27,28);3-10H,1-2H3,(H,27,28);2-9H,1H3,(H,27,28);2-9H,1H3,(H,26,28);2-9,27H,1H3,(H,26,28). The highest BCUT2D eigenvalue weighted by atomic mass is 35.5. The lowest BCUT2D eigenvalue weighted by molar-refractivity contribution is -0.142. The number of nitrogens with one attached hydrogen (secondary N) is 5. The first kappa shape index (κ1) is 107. The van der Waals surface area contributed by atoms with E-state index in [4.69, 9.17) is 85.9 Å². The molecule has 0 fully saturated rings. The molecule has 0 atom stereocenters. The average molecular weight is 2090 g/mol. The Kier molecular flexibility index (Phi) is 34.6. The number of aromatic nitrogens is 10. The van der Waals surface area contributed by atoms with Crippen molar-refractivity contribution in [1.82, 2.24) is 49.8 Å². The summed E-state index contributed by atoms with van der Waals surface area (Å²) < 4.78 is 196. The van der Waals surface area contributed by atoms with Crippen LogP contribution >= 0.6 is 81.2 Å². The summed E-state index contributed by atoms with van der Waals surface area (Å²) in [6.45, 7) is 8.63. The molecule has 0 aliphatic rings. The number of ether oxygens (including phenoxy) is 1. The molecule has 10 aromatic heterocycles. The van der Waals surface area contributed by atoms with Gasteiger partial charge < -0.3 is 36.4 Å². The molecule has 0 aliphatic carbocycles. The van der Waals surface area contributed by atoms with Gasteiger partial charge >= 0.3 is 30.9 Å². The summed E-state index contributed by atoms with van der Waals surface area (Å²) >= 11 is 42.8. The predicted molar refractivity (Wildman–Crippen MR) is 506 cm³/mol. The first-order chi connectivity index (χ1) is 66.3. The fourth-order valence-corrected chi connectivity index (χ4v) is 14.1. The SMILES string of the molecule is COc1ccc(-c2cc(NC(=O)c3ccc(C(F)(F)F)nc3C)ccc2Cl)nc1.Cc1ccc(-c2cc(NC(=O)c3ccc(C(F)(F)F)nc3C)ccc2Cl)nc1.Cc1nc(C(F)(F)F)ccc1C(=O)Nc1ccc(Cl)c(-c2ccc(Cl)cn2)c1.Cc1nc(C(F)(F)F)ccc1C(=O)Nc1ccc(Cl)c(-c2ccc(O)cn2)c1.Cc1nc(C(F)(F)F)ccc1C(=O)Nc1ccc(Cl)c(-c2cccc(Cl)n2)c1. The number of nitrogens with zero attached hydrogens (tertiary/aromatic N) is 10.